The van der Waals surface area contributed by atoms with Crippen LogP contribution in [0.5, 0.6) is 0 Å². The topological polar surface area (TPSA) is 39.2 Å². The molecule has 0 saturated heterocycles. The van der Waals surface area contributed by atoms with E-state index < -0.39 is 0 Å². The quantitative estimate of drug-likeness (QED) is 0.742. The summed E-state index contributed by atoms with van der Waals surface area (Å²) in [4.78, 5) is 15.7. The van der Waals surface area contributed by atoms with E-state index in [0.717, 1.165) is 5.01 Å². The van der Waals surface area contributed by atoms with Gasteiger partial charge in [0.15, 0.2) is 5.69 Å². The number of carbonyl (C=O) groups excluding carboxylic acids is 1. The number of ether oxygens (including phenoxy) is 1. The largest absolute Gasteiger partial charge is 0.461 e. The van der Waals surface area contributed by atoms with Crippen molar-refractivity contribution in [1.82, 2.24) is 4.98 Å². The Hall–Kier alpha value is -0.900. The highest BCUT2D eigenvalue weighted by atomic mass is 32.1. The van der Waals surface area contributed by atoms with E-state index in [4.69, 9.17) is 4.74 Å². The molecule has 1 unspecified atom stereocenters. The molecule has 15 heavy (non-hydrogen) atoms. The number of aromatic nitrogens is 1. The monoisotopic (exact) mass is 225 g/mol. The smallest absolute Gasteiger partial charge is 0.357 e. The summed E-state index contributed by atoms with van der Waals surface area (Å²) in [6.45, 7) is 6.65. The minimum Gasteiger partial charge on any atom is -0.461 e. The second-order valence-corrected chi connectivity index (χ2v) is 5.43. The Bertz CT molecular complexity index is 384. The van der Waals surface area contributed by atoms with E-state index >= 15 is 0 Å². The van der Waals surface area contributed by atoms with E-state index in [-0.39, 0.29) is 5.97 Å². The van der Waals surface area contributed by atoms with Crippen molar-refractivity contribution >= 4 is 17.3 Å². The molecule has 0 bridgehead atoms. The molecule has 1 aliphatic carbocycles. The van der Waals surface area contributed by atoms with Crippen LogP contribution in [-0.2, 0) is 4.74 Å². The van der Waals surface area contributed by atoms with E-state index in [2.05, 4.69) is 18.8 Å². The van der Waals surface area contributed by atoms with Crippen molar-refractivity contribution in [3.63, 3.8) is 0 Å². The molecule has 0 amide bonds. The van der Waals surface area contributed by atoms with Crippen LogP contribution < -0.4 is 0 Å². The number of hydrogen-bond donors (Lipinski definition) is 0. The van der Waals surface area contributed by atoms with Gasteiger partial charge in [0.25, 0.3) is 0 Å². The van der Waals surface area contributed by atoms with E-state index in [1.165, 1.54) is 6.42 Å². The first-order chi connectivity index (χ1) is 7.04. The molecule has 3 nitrogen and oxygen atoms in total. The summed E-state index contributed by atoms with van der Waals surface area (Å²) < 4.78 is 4.90. The van der Waals surface area contributed by atoms with Gasteiger partial charge >= 0.3 is 5.97 Å². The van der Waals surface area contributed by atoms with Gasteiger partial charge in [0.1, 0.15) is 0 Å². The third kappa shape index (κ3) is 2.04. The van der Waals surface area contributed by atoms with Crippen molar-refractivity contribution in [2.24, 2.45) is 5.41 Å². The molecule has 1 atom stereocenters. The van der Waals surface area contributed by atoms with Crippen molar-refractivity contribution in [3.05, 3.63) is 16.1 Å². The third-order valence-electron chi connectivity index (χ3n) is 2.82. The first-order valence-corrected chi connectivity index (χ1v) is 6.05. The van der Waals surface area contributed by atoms with Gasteiger partial charge in [-0.15, -0.1) is 11.3 Å². The first-order valence-electron chi connectivity index (χ1n) is 5.17. The van der Waals surface area contributed by atoms with Gasteiger partial charge in [0.05, 0.1) is 11.6 Å². The van der Waals surface area contributed by atoms with Gasteiger partial charge in [-0.05, 0) is 18.8 Å². The van der Waals surface area contributed by atoms with Crippen LogP contribution in [0.25, 0.3) is 0 Å². The average Bonchev–Trinajstić information content (AvgIpc) is 2.66. The number of thiazole rings is 1. The fourth-order valence-corrected chi connectivity index (χ4v) is 2.73. The summed E-state index contributed by atoms with van der Waals surface area (Å²) in [7, 11) is 0. The van der Waals surface area contributed by atoms with E-state index in [9.17, 15) is 4.79 Å². The van der Waals surface area contributed by atoms with Gasteiger partial charge in [-0.2, -0.15) is 0 Å². The summed E-state index contributed by atoms with van der Waals surface area (Å²) in [5.41, 5.74) is 0.823. The van der Waals surface area contributed by atoms with Crippen molar-refractivity contribution < 1.29 is 9.53 Å². The highest BCUT2D eigenvalue weighted by Crippen LogP contribution is 2.59. The maximum atomic E-state index is 11.4. The normalized spacial score (nSPS) is 22.5. The van der Waals surface area contributed by atoms with Gasteiger partial charge in [0.2, 0.25) is 0 Å². The highest BCUT2D eigenvalue weighted by molar-refractivity contribution is 7.10. The Balaban J connectivity index is 2.08. The lowest BCUT2D eigenvalue weighted by Gasteiger charge is -1.98. The molecular weight excluding hydrogens is 210 g/mol. The zero-order chi connectivity index (χ0) is 11.1. The molecule has 1 aromatic heterocycles. The van der Waals surface area contributed by atoms with Crippen LogP contribution in [-0.4, -0.2) is 17.6 Å². The molecule has 1 fully saturated rings. The van der Waals surface area contributed by atoms with Crippen LogP contribution in [0.3, 0.4) is 0 Å². The molecular formula is C11H15NO2S. The van der Waals surface area contributed by atoms with Crippen LogP contribution >= 0.6 is 11.3 Å². The maximum absolute atomic E-state index is 11.4. The molecule has 82 valence electrons. The van der Waals surface area contributed by atoms with Gasteiger partial charge in [0, 0.05) is 11.3 Å². The summed E-state index contributed by atoms with van der Waals surface area (Å²) in [6, 6.07) is 0. The second kappa shape index (κ2) is 3.59. The van der Waals surface area contributed by atoms with Crippen LogP contribution in [0.1, 0.15) is 48.6 Å². The van der Waals surface area contributed by atoms with Gasteiger partial charge < -0.3 is 4.74 Å². The molecule has 0 aromatic carbocycles. The van der Waals surface area contributed by atoms with Gasteiger partial charge in [-0.1, -0.05) is 13.8 Å². The SMILES string of the molecule is CCOC(=O)c1csc(C2CC2(C)C)n1. The number of hydrogen-bond acceptors (Lipinski definition) is 4. The van der Waals surface area contributed by atoms with Crippen molar-refractivity contribution in [2.75, 3.05) is 6.61 Å². The van der Waals surface area contributed by atoms with E-state index in [0.29, 0.717) is 23.6 Å². The molecule has 1 saturated carbocycles. The summed E-state index contributed by atoms with van der Waals surface area (Å²) in [6.07, 6.45) is 1.17. The fourth-order valence-electron chi connectivity index (χ4n) is 1.64. The van der Waals surface area contributed by atoms with Crippen LogP contribution in [0, 0.1) is 5.41 Å². The van der Waals surface area contributed by atoms with Gasteiger partial charge in [-0.25, -0.2) is 9.78 Å². The molecule has 1 aliphatic rings. The minimum atomic E-state index is -0.307. The number of esters is 1. The molecule has 0 radical (unpaired) electrons. The summed E-state index contributed by atoms with van der Waals surface area (Å²) in [5, 5.41) is 2.87. The summed E-state index contributed by atoms with van der Waals surface area (Å²) in [5.74, 6) is 0.226. The average molecular weight is 225 g/mol. The van der Waals surface area contributed by atoms with Crippen molar-refractivity contribution in [3.8, 4) is 0 Å². The molecule has 2 rings (SSSR count). The lowest BCUT2D eigenvalue weighted by molar-refractivity contribution is 0.0520. The fraction of sp³-hybridized carbons (Fsp3) is 0.636. The van der Waals surface area contributed by atoms with Crippen molar-refractivity contribution in [2.45, 2.75) is 33.1 Å². The lowest BCUT2D eigenvalue weighted by atomic mass is 10.1. The van der Waals surface area contributed by atoms with Crippen LogP contribution in [0.2, 0.25) is 0 Å². The number of carbonyl (C=O) groups is 1. The number of rotatable bonds is 3. The zero-order valence-electron chi connectivity index (χ0n) is 9.24. The molecule has 1 aromatic rings. The Labute approximate surface area is 93.5 Å². The molecule has 1 heterocycles. The third-order valence-corrected chi connectivity index (χ3v) is 3.78. The van der Waals surface area contributed by atoms with Gasteiger partial charge in [-0.3, -0.25) is 0 Å². The molecule has 0 N–H and O–H groups in total. The minimum absolute atomic E-state index is 0.307. The molecule has 0 aliphatic heterocycles. The van der Waals surface area contributed by atoms with Crippen molar-refractivity contribution in [1.29, 1.82) is 0 Å². The highest BCUT2D eigenvalue weighted by Gasteiger charge is 2.48. The summed E-state index contributed by atoms with van der Waals surface area (Å²) >= 11 is 1.56. The Kier molecular flexibility index (Phi) is 2.54. The van der Waals surface area contributed by atoms with Crippen LogP contribution in [0.4, 0.5) is 0 Å². The second-order valence-electron chi connectivity index (χ2n) is 4.54. The van der Waals surface area contributed by atoms with Crippen LogP contribution in [0.15, 0.2) is 5.38 Å². The first kappa shape index (κ1) is 10.6. The van der Waals surface area contributed by atoms with E-state index in [1.54, 1.807) is 23.6 Å². The standard InChI is InChI=1S/C11H15NO2S/c1-4-14-10(13)8-6-15-9(12-8)7-5-11(7,2)3/h6-7H,4-5H2,1-3H3. The zero-order valence-corrected chi connectivity index (χ0v) is 10.1. The predicted octanol–water partition coefficient (Wildman–Crippen LogP) is 2.83. The Morgan fingerprint density at radius 1 is 1.73 bits per heavy atom. The lowest BCUT2D eigenvalue weighted by Crippen LogP contribution is -2.05. The maximum Gasteiger partial charge on any atom is 0.357 e. The predicted molar refractivity (Wildman–Crippen MR) is 59.2 cm³/mol. The molecule has 4 heteroatoms. The number of nitrogens with zero attached hydrogens (tertiary/aromatic N) is 1. The Morgan fingerprint density at radius 3 is 2.93 bits per heavy atom. The molecule has 0 spiro atoms. The Morgan fingerprint density at radius 2 is 2.40 bits per heavy atom. The van der Waals surface area contributed by atoms with E-state index in [1.807, 2.05) is 0 Å².